The molecule has 0 heterocycles. The molecular formula is C13H9F2N3O2. The second-order valence-corrected chi connectivity index (χ2v) is 3.84. The first-order valence-electron chi connectivity index (χ1n) is 5.55. The Kier molecular flexibility index (Phi) is 3.99. The minimum atomic E-state index is -0.758. The van der Waals surface area contributed by atoms with Gasteiger partial charge in [0, 0.05) is 18.2 Å². The van der Waals surface area contributed by atoms with Gasteiger partial charge in [0.1, 0.15) is 5.82 Å². The molecule has 20 heavy (non-hydrogen) atoms. The summed E-state index contributed by atoms with van der Waals surface area (Å²) >= 11 is 0. The van der Waals surface area contributed by atoms with Crippen molar-refractivity contribution >= 4 is 17.6 Å². The Morgan fingerprint density at radius 1 is 1.15 bits per heavy atom. The van der Waals surface area contributed by atoms with Gasteiger partial charge in [-0.25, -0.2) is 8.78 Å². The summed E-state index contributed by atoms with van der Waals surface area (Å²) in [5.41, 5.74) is 3.03. The van der Waals surface area contributed by atoms with Crippen molar-refractivity contribution in [3.05, 3.63) is 69.8 Å². The van der Waals surface area contributed by atoms with Crippen molar-refractivity contribution in [1.82, 2.24) is 0 Å². The number of nitro groups is 1. The van der Waals surface area contributed by atoms with Gasteiger partial charge < -0.3 is 0 Å². The van der Waals surface area contributed by atoms with Gasteiger partial charge in [-0.3, -0.25) is 15.5 Å². The molecule has 0 radical (unpaired) electrons. The molecule has 0 aliphatic heterocycles. The molecule has 1 N–H and O–H groups in total. The van der Waals surface area contributed by atoms with Gasteiger partial charge in [0.25, 0.3) is 5.69 Å². The highest BCUT2D eigenvalue weighted by Gasteiger charge is 2.03. The standard InChI is InChI=1S/C13H9F2N3O2/c14-10-3-6-13(12(15)7-10)17-16-8-9-1-4-11(5-2-9)18(19)20/h1-8,17H/b16-8-. The third-order valence-electron chi connectivity index (χ3n) is 2.43. The SMILES string of the molecule is O=[N+]([O-])c1ccc(/C=N\Nc2ccc(F)cc2F)cc1. The van der Waals surface area contributed by atoms with Gasteiger partial charge in [0.2, 0.25) is 0 Å². The number of benzene rings is 2. The lowest BCUT2D eigenvalue weighted by molar-refractivity contribution is -0.384. The fraction of sp³-hybridized carbons (Fsp3) is 0. The number of nitrogens with zero attached hydrogens (tertiary/aromatic N) is 2. The lowest BCUT2D eigenvalue weighted by atomic mass is 10.2. The molecule has 2 aromatic carbocycles. The summed E-state index contributed by atoms with van der Waals surface area (Å²) in [6.45, 7) is 0. The molecule has 5 nitrogen and oxygen atoms in total. The number of non-ortho nitro benzene ring substituents is 1. The predicted molar refractivity (Wildman–Crippen MR) is 70.7 cm³/mol. The summed E-state index contributed by atoms with van der Waals surface area (Å²) < 4.78 is 25.9. The van der Waals surface area contributed by atoms with Crippen LogP contribution >= 0.6 is 0 Å². The normalized spacial score (nSPS) is 10.7. The van der Waals surface area contributed by atoms with Gasteiger partial charge in [-0.1, -0.05) is 0 Å². The Bertz CT molecular complexity index is 657. The van der Waals surface area contributed by atoms with Crippen LogP contribution in [0.1, 0.15) is 5.56 Å². The van der Waals surface area contributed by atoms with Crippen LogP contribution < -0.4 is 5.43 Å². The molecule has 7 heteroatoms. The van der Waals surface area contributed by atoms with Crippen molar-refractivity contribution in [2.45, 2.75) is 0 Å². The van der Waals surface area contributed by atoms with E-state index in [-0.39, 0.29) is 11.4 Å². The summed E-state index contributed by atoms with van der Waals surface area (Å²) in [6.07, 6.45) is 1.37. The zero-order chi connectivity index (χ0) is 14.5. The molecule has 0 spiro atoms. The summed E-state index contributed by atoms with van der Waals surface area (Å²) in [5, 5.41) is 14.2. The largest absolute Gasteiger partial charge is 0.276 e. The molecule has 0 saturated carbocycles. The molecule has 0 aliphatic rings. The summed E-state index contributed by atoms with van der Waals surface area (Å²) in [6, 6.07) is 8.74. The highest BCUT2D eigenvalue weighted by molar-refractivity contribution is 5.80. The fourth-order valence-electron chi connectivity index (χ4n) is 1.44. The van der Waals surface area contributed by atoms with Gasteiger partial charge in [0.05, 0.1) is 16.8 Å². The van der Waals surface area contributed by atoms with Crippen LogP contribution in [0.25, 0.3) is 0 Å². The first-order chi connectivity index (χ1) is 9.56. The molecule has 2 aromatic rings. The first-order valence-corrected chi connectivity index (χ1v) is 5.55. The molecule has 0 unspecified atom stereocenters. The van der Waals surface area contributed by atoms with Crippen molar-refractivity contribution in [2.24, 2.45) is 5.10 Å². The van der Waals surface area contributed by atoms with Crippen LogP contribution in [0.15, 0.2) is 47.6 Å². The number of anilines is 1. The van der Waals surface area contributed by atoms with E-state index in [0.29, 0.717) is 5.56 Å². The molecule has 0 aliphatic carbocycles. The second-order valence-electron chi connectivity index (χ2n) is 3.84. The van der Waals surface area contributed by atoms with E-state index in [1.807, 2.05) is 0 Å². The van der Waals surface area contributed by atoms with Crippen LogP contribution in [0, 0.1) is 21.7 Å². The van der Waals surface area contributed by atoms with Crippen LogP contribution in [0.3, 0.4) is 0 Å². The topological polar surface area (TPSA) is 67.5 Å². The van der Waals surface area contributed by atoms with Crippen molar-refractivity contribution < 1.29 is 13.7 Å². The maximum absolute atomic E-state index is 13.3. The van der Waals surface area contributed by atoms with Gasteiger partial charge in [0.15, 0.2) is 5.82 Å². The smallest absolute Gasteiger partial charge is 0.269 e. The number of hydrazone groups is 1. The van der Waals surface area contributed by atoms with E-state index >= 15 is 0 Å². The van der Waals surface area contributed by atoms with Gasteiger partial charge in [-0.2, -0.15) is 5.10 Å². The zero-order valence-corrected chi connectivity index (χ0v) is 10.1. The molecule has 102 valence electrons. The summed E-state index contributed by atoms with van der Waals surface area (Å²) in [4.78, 5) is 9.96. The number of nitrogens with one attached hydrogen (secondary N) is 1. The zero-order valence-electron chi connectivity index (χ0n) is 10.1. The number of hydrogen-bond donors (Lipinski definition) is 1. The highest BCUT2D eigenvalue weighted by atomic mass is 19.1. The van der Waals surface area contributed by atoms with Gasteiger partial charge >= 0.3 is 0 Å². The van der Waals surface area contributed by atoms with E-state index in [1.54, 1.807) is 0 Å². The van der Waals surface area contributed by atoms with Crippen LogP contribution in [-0.4, -0.2) is 11.1 Å². The second kappa shape index (κ2) is 5.87. The van der Waals surface area contributed by atoms with Gasteiger partial charge in [-0.05, 0) is 29.8 Å². The van der Waals surface area contributed by atoms with E-state index in [2.05, 4.69) is 10.5 Å². The van der Waals surface area contributed by atoms with Crippen molar-refractivity contribution in [2.75, 3.05) is 5.43 Å². The summed E-state index contributed by atoms with van der Waals surface area (Å²) in [5.74, 6) is -1.43. The number of nitro benzene ring substituents is 1. The highest BCUT2D eigenvalue weighted by Crippen LogP contribution is 2.15. The molecule has 2 rings (SSSR count). The maximum Gasteiger partial charge on any atom is 0.269 e. The van der Waals surface area contributed by atoms with E-state index < -0.39 is 16.6 Å². The average Bonchev–Trinajstić information content (AvgIpc) is 2.42. The van der Waals surface area contributed by atoms with Crippen LogP contribution in [0.5, 0.6) is 0 Å². The number of hydrogen-bond acceptors (Lipinski definition) is 4. The molecule has 0 amide bonds. The average molecular weight is 277 g/mol. The van der Waals surface area contributed by atoms with E-state index in [0.717, 1.165) is 12.1 Å². The number of halogens is 2. The molecule has 0 bridgehead atoms. The Morgan fingerprint density at radius 2 is 1.85 bits per heavy atom. The lowest BCUT2D eigenvalue weighted by Crippen LogP contribution is -1.94. The predicted octanol–water partition coefficient (Wildman–Crippen LogP) is 3.32. The van der Waals surface area contributed by atoms with Gasteiger partial charge in [-0.15, -0.1) is 0 Å². The Labute approximate surface area is 112 Å². The van der Waals surface area contributed by atoms with Crippen molar-refractivity contribution in [1.29, 1.82) is 0 Å². The molecular weight excluding hydrogens is 268 g/mol. The first kappa shape index (κ1) is 13.6. The molecule has 0 saturated heterocycles. The summed E-state index contributed by atoms with van der Waals surface area (Å²) in [7, 11) is 0. The molecule has 0 aromatic heterocycles. The third kappa shape index (κ3) is 3.35. The fourth-order valence-corrected chi connectivity index (χ4v) is 1.44. The quantitative estimate of drug-likeness (QED) is 0.529. The van der Waals surface area contributed by atoms with Crippen molar-refractivity contribution in [3.63, 3.8) is 0 Å². The van der Waals surface area contributed by atoms with E-state index in [9.17, 15) is 18.9 Å². The lowest BCUT2D eigenvalue weighted by Gasteiger charge is -2.01. The Hall–Kier alpha value is -2.83. The van der Waals surface area contributed by atoms with E-state index in [4.69, 9.17) is 0 Å². The molecule has 0 atom stereocenters. The monoisotopic (exact) mass is 277 g/mol. The third-order valence-corrected chi connectivity index (χ3v) is 2.43. The minimum absolute atomic E-state index is 0.0281. The molecule has 0 fully saturated rings. The van der Waals surface area contributed by atoms with Crippen molar-refractivity contribution in [3.8, 4) is 0 Å². The Morgan fingerprint density at radius 3 is 2.45 bits per heavy atom. The van der Waals surface area contributed by atoms with Crippen LogP contribution in [0.4, 0.5) is 20.2 Å². The maximum atomic E-state index is 13.3. The van der Waals surface area contributed by atoms with Crippen LogP contribution in [-0.2, 0) is 0 Å². The minimum Gasteiger partial charge on any atom is -0.276 e. The van der Waals surface area contributed by atoms with Crippen LogP contribution in [0.2, 0.25) is 0 Å². The Balaban J connectivity index is 2.04. The number of rotatable bonds is 4. The van der Waals surface area contributed by atoms with E-state index in [1.165, 1.54) is 36.5 Å².